The summed E-state index contributed by atoms with van der Waals surface area (Å²) in [7, 11) is 0. The molecule has 1 atom stereocenters. The van der Waals surface area contributed by atoms with Crippen LogP contribution in [-0.2, 0) is 15.1 Å². The second-order valence-electron chi connectivity index (χ2n) is 6.97. The third-order valence-corrected chi connectivity index (χ3v) is 5.04. The minimum absolute atomic E-state index is 0.283. The highest BCUT2D eigenvalue weighted by Crippen LogP contribution is 2.33. The molecule has 0 bridgehead atoms. The molecule has 0 saturated carbocycles. The molecule has 1 saturated heterocycles. The van der Waals surface area contributed by atoms with E-state index >= 15 is 0 Å². The molecule has 1 fully saturated rings. The van der Waals surface area contributed by atoms with E-state index in [2.05, 4.69) is 11.9 Å². The monoisotopic (exact) mass is 391 g/mol. The molecule has 6 nitrogen and oxygen atoms in total. The predicted octanol–water partition coefficient (Wildman–Crippen LogP) is 3.45. The van der Waals surface area contributed by atoms with Gasteiger partial charge >= 0.3 is 6.03 Å². The van der Waals surface area contributed by atoms with Gasteiger partial charge in [-0.25, -0.2) is 4.79 Å². The molecule has 1 aliphatic rings. The number of carbonyl (C=O) groups is 3. The van der Waals surface area contributed by atoms with Gasteiger partial charge in [-0.1, -0.05) is 68.0 Å². The summed E-state index contributed by atoms with van der Waals surface area (Å²) in [6.07, 6.45) is 2.78. The van der Waals surface area contributed by atoms with Crippen LogP contribution in [0.2, 0.25) is 0 Å². The van der Waals surface area contributed by atoms with Crippen molar-refractivity contribution in [1.82, 2.24) is 10.2 Å². The number of imide groups is 1. The van der Waals surface area contributed by atoms with Crippen molar-refractivity contribution >= 4 is 23.5 Å². The van der Waals surface area contributed by atoms with E-state index < -0.39 is 17.5 Å². The summed E-state index contributed by atoms with van der Waals surface area (Å²) in [4.78, 5) is 41.6. The van der Waals surface area contributed by atoms with E-state index in [0.29, 0.717) is 18.5 Å². The van der Waals surface area contributed by atoms with Crippen LogP contribution in [0.25, 0.3) is 0 Å². The van der Waals surface area contributed by atoms with Crippen molar-refractivity contribution in [2.24, 2.45) is 0 Å². The normalized spacial score (nSPS) is 18.4. The van der Waals surface area contributed by atoms with Crippen LogP contribution in [0.15, 0.2) is 73.3 Å². The van der Waals surface area contributed by atoms with Gasteiger partial charge in [-0.15, -0.1) is 6.58 Å². The van der Waals surface area contributed by atoms with Gasteiger partial charge in [0.2, 0.25) is 5.91 Å². The van der Waals surface area contributed by atoms with Gasteiger partial charge in [0.25, 0.3) is 5.91 Å². The second-order valence-corrected chi connectivity index (χ2v) is 6.97. The third kappa shape index (κ3) is 3.92. The lowest BCUT2D eigenvalue weighted by Crippen LogP contribution is -2.46. The molecule has 0 radical (unpaired) electrons. The van der Waals surface area contributed by atoms with Gasteiger partial charge in [-0.2, -0.15) is 0 Å². The predicted molar refractivity (Wildman–Crippen MR) is 112 cm³/mol. The molecule has 2 aromatic carbocycles. The van der Waals surface area contributed by atoms with Crippen LogP contribution in [0.4, 0.5) is 10.5 Å². The van der Waals surface area contributed by atoms with Crippen LogP contribution in [0, 0.1) is 0 Å². The van der Waals surface area contributed by atoms with Crippen molar-refractivity contribution in [3.05, 3.63) is 78.9 Å². The van der Waals surface area contributed by atoms with Crippen molar-refractivity contribution in [3.8, 4) is 0 Å². The molecule has 0 unspecified atom stereocenters. The Kier molecular flexibility index (Phi) is 6.12. The van der Waals surface area contributed by atoms with E-state index in [4.69, 9.17) is 0 Å². The first-order chi connectivity index (χ1) is 14.0. The van der Waals surface area contributed by atoms with Gasteiger partial charge < -0.3 is 10.2 Å². The van der Waals surface area contributed by atoms with Crippen molar-refractivity contribution in [2.75, 3.05) is 18.0 Å². The first-order valence-corrected chi connectivity index (χ1v) is 9.69. The molecular formula is C23H25N3O3. The zero-order chi connectivity index (χ0) is 20.9. The fourth-order valence-electron chi connectivity index (χ4n) is 3.69. The summed E-state index contributed by atoms with van der Waals surface area (Å²) in [5.41, 5.74) is 0.275. The van der Waals surface area contributed by atoms with Crippen LogP contribution in [0.1, 0.15) is 25.3 Å². The van der Waals surface area contributed by atoms with Gasteiger partial charge in [0, 0.05) is 12.2 Å². The van der Waals surface area contributed by atoms with Gasteiger partial charge in [-0.3, -0.25) is 14.5 Å². The Morgan fingerprint density at radius 3 is 2.31 bits per heavy atom. The van der Waals surface area contributed by atoms with Crippen molar-refractivity contribution in [2.45, 2.75) is 25.3 Å². The number of urea groups is 1. The highest BCUT2D eigenvalue weighted by Gasteiger charge is 2.52. The molecule has 4 amide bonds. The molecule has 3 rings (SSSR count). The fourth-order valence-corrected chi connectivity index (χ4v) is 3.69. The van der Waals surface area contributed by atoms with Crippen LogP contribution in [0.5, 0.6) is 0 Å². The molecule has 6 heteroatoms. The minimum Gasteiger partial charge on any atom is -0.319 e. The van der Waals surface area contributed by atoms with E-state index in [0.717, 1.165) is 10.5 Å². The minimum atomic E-state index is -1.14. The van der Waals surface area contributed by atoms with Crippen LogP contribution >= 0.6 is 0 Å². The Bertz CT molecular complexity index is 898. The first-order valence-electron chi connectivity index (χ1n) is 9.69. The Morgan fingerprint density at radius 2 is 1.72 bits per heavy atom. The van der Waals surface area contributed by atoms with Crippen molar-refractivity contribution in [3.63, 3.8) is 0 Å². The van der Waals surface area contributed by atoms with E-state index in [9.17, 15) is 14.4 Å². The molecule has 150 valence electrons. The number of carbonyl (C=O) groups excluding carboxylic acids is 3. The van der Waals surface area contributed by atoms with Crippen LogP contribution in [0.3, 0.4) is 0 Å². The lowest BCUT2D eigenvalue weighted by Gasteiger charge is -2.27. The summed E-state index contributed by atoms with van der Waals surface area (Å²) >= 11 is 0. The SMILES string of the molecule is C=CCN(C(=O)CN1C(=O)N[C@](CCC)(c2ccccc2)C1=O)c1ccccc1. The summed E-state index contributed by atoms with van der Waals surface area (Å²) < 4.78 is 0. The van der Waals surface area contributed by atoms with E-state index in [1.807, 2.05) is 55.5 Å². The molecule has 1 heterocycles. The van der Waals surface area contributed by atoms with Gasteiger partial charge in [-0.05, 0) is 24.1 Å². The largest absolute Gasteiger partial charge is 0.325 e. The third-order valence-electron chi connectivity index (χ3n) is 5.04. The zero-order valence-corrected chi connectivity index (χ0v) is 16.5. The number of amides is 4. The molecule has 1 aliphatic heterocycles. The van der Waals surface area contributed by atoms with Crippen molar-refractivity contribution < 1.29 is 14.4 Å². The Labute approximate surface area is 170 Å². The Morgan fingerprint density at radius 1 is 1.10 bits per heavy atom. The maximum atomic E-state index is 13.3. The molecular weight excluding hydrogens is 366 g/mol. The highest BCUT2D eigenvalue weighted by molar-refractivity contribution is 6.10. The maximum Gasteiger partial charge on any atom is 0.325 e. The number of hydrogen-bond acceptors (Lipinski definition) is 3. The Balaban J connectivity index is 1.87. The van der Waals surface area contributed by atoms with Crippen LogP contribution in [-0.4, -0.2) is 35.8 Å². The molecule has 0 spiro atoms. The number of hydrogen-bond donors (Lipinski definition) is 1. The average molecular weight is 391 g/mol. The summed E-state index contributed by atoms with van der Waals surface area (Å²) in [5, 5.41) is 2.85. The van der Waals surface area contributed by atoms with Gasteiger partial charge in [0.15, 0.2) is 0 Å². The maximum absolute atomic E-state index is 13.3. The average Bonchev–Trinajstić information content (AvgIpc) is 2.98. The summed E-state index contributed by atoms with van der Waals surface area (Å²) in [6, 6.07) is 17.8. The van der Waals surface area contributed by atoms with Gasteiger partial charge in [0.1, 0.15) is 12.1 Å². The second kappa shape index (κ2) is 8.73. The number of para-hydroxylation sites is 1. The number of anilines is 1. The fraction of sp³-hybridized carbons (Fsp3) is 0.261. The highest BCUT2D eigenvalue weighted by atomic mass is 16.2. The summed E-state index contributed by atoms with van der Waals surface area (Å²) in [6.45, 7) is 5.62. The smallest absolute Gasteiger partial charge is 0.319 e. The number of nitrogens with zero attached hydrogens (tertiary/aromatic N) is 2. The molecule has 29 heavy (non-hydrogen) atoms. The zero-order valence-electron chi connectivity index (χ0n) is 16.5. The van der Waals surface area contributed by atoms with Crippen molar-refractivity contribution in [1.29, 1.82) is 0 Å². The quantitative estimate of drug-likeness (QED) is 0.553. The molecule has 0 aliphatic carbocycles. The van der Waals surface area contributed by atoms with Crippen LogP contribution < -0.4 is 10.2 Å². The van der Waals surface area contributed by atoms with E-state index in [-0.39, 0.29) is 19.0 Å². The topological polar surface area (TPSA) is 69.7 Å². The summed E-state index contributed by atoms with van der Waals surface area (Å²) in [5.74, 6) is -0.740. The molecule has 1 N–H and O–H groups in total. The van der Waals surface area contributed by atoms with E-state index in [1.54, 1.807) is 18.2 Å². The standard InChI is InChI=1S/C23H25N3O3/c1-3-15-23(18-11-7-5-8-12-18)21(28)26(22(29)24-23)17-20(27)25(16-4-2)19-13-9-6-10-14-19/h4-14H,2-3,15-17H2,1H3,(H,24,29)/t23-/m1/s1. The Hall–Kier alpha value is -3.41. The van der Waals surface area contributed by atoms with Gasteiger partial charge in [0.05, 0.1) is 0 Å². The molecule has 2 aromatic rings. The number of benzene rings is 2. The first kappa shape index (κ1) is 20.3. The molecule has 0 aromatic heterocycles. The van der Waals surface area contributed by atoms with E-state index in [1.165, 1.54) is 4.90 Å². The number of rotatable bonds is 8. The lowest BCUT2D eigenvalue weighted by molar-refractivity contribution is -0.134. The lowest BCUT2D eigenvalue weighted by atomic mass is 9.85. The number of nitrogens with one attached hydrogen (secondary N) is 1.